The zero-order valence-corrected chi connectivity index (χ0v) is 8.72. The fourth-order valence-corrected chi connectivity index (χ4v) is 2.47. The van der Waals surface area contributed by atoms with Crippen molar-refractivity contribution in [2.75, 3.05) is 13.1 Å². The molecular weight excluding hydrogens is 176 g/mol. The number of carbonyl (C=O) groups excluding carboxylic acids is 1. The smallest absolute Gasteiger partial charge is 0.223 e. The molecule has 0 bridgehead atoms. The van der Waals surface area contributed by atoms with Crippen LogP contribution in [0.15, 0.2) is 0 Å². The number of rotatable bonds is 2. The number of piperidine rings is 1. The van der Waals surface area contributed by atoms with Gasteiger partial charge in [-0.15, -0.1) is 0 Å². The molecule has 1 saturated heterocycles. The highest BCUT2D eigenvalue weighted by molar-refractivity contribution is 5.79. The van der Waals surface area contributed by atoms with E-state index in [1.54, 1.807) is 0 Å². The Morgan fingerprint density at radius 2 is 1.71 bits per heavy atom. The van der Waals surface area contributed by atoms with Gasteiger partial charge >= 0.3 is 0 Å². The van der Waals surface area contributed by atoms with Crippen molar-refractivity contribution in [3.8, 4) is 0 Å². The van der Waals surface area contributed by atoms with E-state index in [2.05, 4.69) is 10.6 Å². The van der Waals surface area contributed by atoms with E-state index in [9.17, 15) is 4.79 Å². The Hall–Kier alpha value is -0.570. The van der Waals surface area contributed by atoms with Gasteiger partial charge in [0, 0.05) is 12.0 Å². The molecule has 1 amide bonds. The Bertz CT molecular complexity index is 193. The molecule has 2 N–H and O–H groups in total. The molecule has 80 valence electrons. The molecule has 0 aromatic rings. The van der Waals surface area contributed by atoms with Gasteiger partial charge in [-0.3, -0.25) is 4.79 Å². The van der Waals surface area contributed by atoms with E-state index in [1.165, 1.54) is 25.7 Å². The second-order valence-electron chi connectivity index (χ2n) is 4.51. The summed E-state index contributed by atoms with van der Waals surface area (Å²) in [7, 11) is 0. The Morgan fingerprint density at radius 3 is 2.36 bits per heavy atom. The van der Waals surface area contributed by atoms with Crippen molar-refractivity contribution in [2.24, 2.45) is 5.92 Å². The maximum Gasteiger partial charge on any atom is 0.223 e. The van der Waals surface area contributed by atoms with Crippen molar-refractivity contribution >= 4 is 5.91 Å². The molecule has 1 aliphatic carbocycles. The molecule has 1 saturated carbocycles. The van der Waals surface area contributed by atoms with E-state index in [1.807, 2.05) is 0 Å². The van der Waals surface area contributed by atoms with Crippen LogP contribution in [0.2, 0.25) is 0 Å². The molecule has 0 radical (unpaired) electrons. The summed E-state index contributed by atoms with van der Waals surface area (Å²) in [5.41, 5.74) is 0. The molecule has 3 nitrogen and oxygen atoms in total. The van der Waals surface area contributed by atoms with E-state index < -0.39 is 0 Å². The molecule has 0 atom stereocenters. The van der Waals surface area contributed by atoms with E-state index in [0.29, 0.717) is 11.9 Å². The van der Waals surface area contributed by atoms with Gasteiger partial charge in [-0.05, 0) is 38.8 Å². The van der Waals surface area contributed by atoms with Crippen LogP contribution in [0.4, 0.5) is 0 Å². The molecule has 0 unspecified atom stereocenters. The highest BCUT2D eigenvalue weighted by Crippen LogP contribution is 2.19. The topological polar surface area (TPSA) is 41.1 Å². The van der Waals surface area contributed by atoms with Crippen molar-refractivity contribution < 1.29 is 4.79 Å². The van der Waals surface area contributed by atoms with E-state index >= 15 is 0 Å². The largest absolute Gasteiger partial charge is 0.353 e. The van der Waals surface area contributed by atoms with Crippen molar-refractivity contribution in [3.63, 3.8) is 0 Å². The maximum atomic E-state index is 11.8. The van der Waals surface area contributed by atoms with Gasteiger partial charge in [-0.2, -0.15) is 0 Å². The summed E-state index contributed by atoms with van der Waals surface area (Å²) in [6.07, 6.45) is 6.98. The molecule has 0 aromatic carbocycles. The summed E-state index contributed by atoms with van der Waals surface area (Å²) in [6, 6.07) is 0.484. The minimum atomic E-state index is 0.275. The highest BCUT2D eigenvalue weighted by Gasteiger charge is 2.24. The standard InChI is InChI=1S/C11H20N2O/c14-11(9-5-7-12-8-6-9)13-10-3-1-2-4-10/h9-10,12H,1-8H2,(H,13,14). The predicted octanol–water partition coefficient (Wildman–Crippen LogP) is 1.04. The summed E-state index contributed by atoms with van der Waals surface area (Å²) in [4.78, 5) is 11.8. The number of hydrogen-bond acceptors (Lipinski definition) is 2. The summed E-state index contributed by atoms with van der Waals surface area (Å²) >= 11 is 0. The van der Waals surface area contributed by atoms with Gasteiger partial charge in [0.25, 0.3) is 0 Å². The van der Waals surface area contributed by atoms with Gasteiger partial charge in [0.05, 0.1) is 0 Å². The highest BCUT2D eigenvalue weighted by atomic mass is 16.1. The first-order valence-electron chi connectivity index (χ1n) is 5.87. The van der Waals surface area contributed by atoms with Crippen LogP contribution in [-0.2, 0) is 4.79 Å². The van der Waals surface area contributed by atoms with Gasteiger partial charge in [-0.25, -0.2) is 0 Å². The van der Waals surface area contributed by atoms with Crippen LogP contribution in [0.3, 0.4) is 0 Å². The molecule has 1 heterocycles. The van der Waals surface area contributed by atoms with Crippen LogP contribution in [0, 0.1) is 5.92 Å². The Balaban J connectivity index is 1.75. The lowest BCUT2D eigenvalue weighted by molar-refractivity contribution is -0.126. The molecule has 2 rings (SSSR count). The minimum Gasteiger partial charge on any atom is -0.353 e. The van der Waals surface area contributed by atoms with Crippen LogP contribution < -0.4 is 10.6 Å². The van der Waals surface area contributed by atoms with Crippen LogP contribution in [0.25, 0.3) is 0 Å². The first-order chi connectivity index (χ1) is 6.86. The molecule has 2 aliphatic rings. The number of amides is 1. The Kier molecular flexibility index (Phi) is 3.40. The van der Waals surface area contributed by atoms with E-state index in [0.717, 1.165) is 25.9 Å². The van der Waals surface area contributed by atoms with Crippen molar-refractivity contribution in [1.82, 2.24) is 10.6 Å². The second kappa shape index (κ2) is 4.78. The third kappa shape index (κ3) is 2.47. The normalized spacial score (nSPS) is 25.1. The summed E-state index contributed by atoms with van der Waals surface area (Å²) < 4.78 is 0. The molecule has 0 spiro atoms. The third-order valence-electron chi connectivity index (χ3n) is 3.41. The first-order valence-corrected chi connectivity index (χ1v) is 5.87. The number of hydrogen-bond donors (Lipinski definition) is 2. The van der Waals surface area contributed by atoms with Crippen LogP contribution in [0.5, 0.6) is 0 Å². The lowest BCUT2D eigenvalue weighted by Gasteiger charge is -2.23. The fourth-order valence-electron chi connectivity index (χ4n) is 2.47. The average molecular weight is 196 g/mol. The lowest BCUT2D eigenvalue weighted by atomic mass is 9.97. The quantitative estimate of drug-likeness (QED) is 0.693. The maximum absolute atomic E-state index is 11.8. The van der Waals surface area contributed by atoms with E-state index in [4.69, 9.17) is 0 Å². The van der Waals surface area contributed by atoms with Crippen molar-refractivity contribution in [2.45, 2.75) is 44.6 Å². The van der Waals surface area contributed by atoms with Gasteiger partial charge in [0.15, 0.2) is 0 Å². The van der Waals surface area contributed by atoms with E-state index in [-0.39, 0.29) is 5.92 Å². The van der Waals surface area contributed by atoms with Crippen LogP contribution in [-0.4, -0.2) is 25.0 Å². The molecular formula is C11H20N2O. The summed E-state index contributed by atoms with van der Waals surface area (Å²) in [6.45, 7) is 2.01. The minimum absolute atomic E-state index is 0.275. The second-order valence-corrected chi connectivity index (χ2v) is 4.51. The third-order valence-corrected chi connectivity index (χ3v) is 3.41. The molecule has 3 heteroatoms. The SMILES string of the molecule is O=C(NC1CCCC1)C1CCNCC1. The monoisotopic (exact) mass is 196 g/mol. The van der Waals surface area contributed by atoms with Crippen LogP contribution in [0.1, 0.15) is 38.5 Å². The fraction of sp³-hybridized carbons (Fsp3) is 0.909. The predicted molar refractivity (Wildman–Crippen MR) is 56.0 cm³/mol. The Labute approximate surface area is 85.6 Å². The molecule has 1 aliphatic heterocycles. The number of nitrogens with one attached hydrogen (secondary N) is 2. The number of carbonyl (C=O) groups is 1. The average Bonchev–Trinajstić information content (AvgIpc) is 2.72. The van der Waals surface area contributed by atoms with Gasteiger partial charge < -0.3 is 10.6 Å². The van der Waals surface area contributed by atoms with Gasteiger partial charge in [-0.1, -0.05) is 12.8 Å². The van der Waals surface area contributed by atoms with Crippen molar-refractivity contribution in [3.05, 3.63) is 0 Å². The first kappa shape index (κ1) is 9.97. The van der Waals surface area contributed by atoms with Crippen LogP contribution >= 0.6 is 0 Å². The van der Waals surface area contributed by atoms with Gasteiger partial charge in [0.2, 0.25) is 5.91 Å². The summed E-state index contributed by atoms with van der Waals surface area (Å²) in [5, 5.41) is 6.47. The Morgan fingerprint density at radius 1 is 1.07 bits per heavy atom. The van der Waals surface area contributed by atoms with Crippen molar-refractivity contribution in [1.29, 1.82) is 0 Å². The van der Waals surface area contributed by atoms with Gasteiger partial charge in [0.1, 0.15) is 0 Å². The molecule has 2 fully saturated rings. The molecule has 0 aromatic heterocycles. The molecule has 14 heavy (non-hydrogen) atoms. The summed E-state index contributed by atoms with van der Waals surface area (Å²) in [5.74, 6) is 0.579. The lowest BCUT2D eigenvalue weighted by Crippen LogP contribution is -2.41. The zero-order valence-electron chi connectivity index (χ0n) is 8.72. The zero-order chi connectivity index (χ0) is 9.80.